The minimum atomic E-state index is 0.396. The van der Waals surface area contributed by atoms with Crippen molar-refractivity contribution in [2.24, 2.45) is 0 Å². The van der Waals surface area contributed by atoms with Gasteiger partial charge in [-0.3, -0.25) is 4.79 Å². The Bertz CT molecular complexity index is 472. The first-order valence-electron chi connectivity index (χ1n) is 5.00. The minimum absolute atomic E-state index is 0.396. The normalized spacial score (nSPS) is 10.1. The summed E-state index contributed by atoms with van der Waals surface area (Å²) in [5, 5.41) is 0. The van der Waals surface area contributed by atoms with E-state index < -0.39 is 0 Å². The van der Waals surface area contributed by atoms with Crippen LogP contribution in [0, 0.1) is 6.92 Å². The zero-order valence-electron chi connectivity index (χ0n) is 8.97. The highest BCUT2D eigenvalue weighted by atomic mass is 16.5. The summed E-state index contributed by atoms with van der Waals surface area (Å²) >= 11 is 0. The Morgan fingerprint density at radius 1 is 1.38 bits per heavy atom. The van der Waals surface area contributed by atoms with Crippen molar-refractivity contribution in [3.63, 3.8) is 0 Å². The molecule has 16 heavy (non-hydrogen) atoms. The fraction of sp³-hybridized carbons (Fsp3) is 0.154. The lowest BCUT2D eigenvalue weighted by Gasteiger charge is -2.06. The van der Waals surface area contributed by atoms with Crippen molar-refractivity contribution in [2.75, 3.05) is 0 Å². The summed E-state index contributed by atoms with van der Waals surface area (Å²) in [6.07, 6.45) is 2.45. The van der Waals surface area contributed by atoms with Crippen LogP contribution >= 0.6 is 0 Å². The van der Waals surface area contributed by atoms with Crippen LogP contribution < -0.4 is 4.74 Å². The van der Waals surface area contributed by atoms with Gasteiger partial charge in [-0.2, -0.15) is 0 Å². The molecule has 1 aromatic heterocycles. The molecule has 0 atom stereocenters. The van der Waals surface area contributed by atoms with Gasteiger partial charge in [0.05, 0.1) is 6.26 Å². The van der Waals surface area contributed by atoms with Crippen LogP contribution in [-0.2, 0) is 6.61 Å². The third-order valence-corrected chi connectivity index (χ3v) is 2.33. The van der Waals surface area contributed by atoms with E-state index in [9.17, 15) is 4.79 Å². The number of furan rings is 1. The Morgan fingerprint density at radius 2 is 2.25 bits per heavy atom. The van der Waals surface area contributed by atoms with Gasteiger partial charge in [0.15, 0.2) is 0 Å². The van der Waals surface area contributed by atoms with Crippen molar-refractivity contribution in [3.8, 4) is 5.75 Å². The lowest BCUT2D eigenvalue weighted by molar-refractivity contribution is 0.112. The average molecular weight is 216 g/mol. The lowest BCUT2D eigenvalue weighted by Crippen LogP contribution is -1.95. The third-order valence-electron chi connectivity index (χ3n) is 2.33. The van der Waals surface area contributed by atoms with Crippen LogP contribution in [-0.4, -0.2) is 6.29 Å². The van der Waals surface area contributed by atoms with Gasteiger partial charge < -0.3 is 9.15 Å². The molecule has 0 saturated heterocycles. The second kappa shape index (κ2) is 4.66. The van der Waals surface area contributed by atoms with Crippen LogP contribution in [0.15, 0.2) is 41.0 Å². The number of carbonyl (C=O) groups excluding carboxylic acids is 1. The number of carbonyl (C=O) groups is 1. The number of hydrogen-bond donors (Lipinski definition) is 0. The molecule has 3 heteroatoms. The van der Waals surface area contributed by atoms with Crippen LogP contribution in [0.4, 0.5) is 0 Å². The Hall–Kier alpha value is -2.03. The van der Waals surface area contributed by atoms with Gasteiger partial charge in [0, 0.05) is 5.56 Å². The summed E-state index contributed by atoms with van der Waals surface area (Å²) in [4.78, 5) is 10.6. The SMILES string of the molecule is Cc1cc(OCc2ccco2)ccc1C=O. The van der Waals surface area contributed by atoms with Gasteiger partial charge in [-0.05, 0) is 42.8 Å². The Balaban J connectivity index is 2.05. The van der Waals surface area contributed by atoms with Crippen LogP contribution in [0.3, 0.4) is 0 Å². The van der Waals surface area contributed by atoms with Crippen LogP contribution in [0.1, 0.15) is 21.7 Å². The highest BCUT2D eigenvalue weighted by molar-refractivity contribution is 5.77. The molecular weight excluding hydrogens is 204 g/mol. The fourth-order valence-corrected chi connectivity index (χ4v) is 1.42. The molecule has 2 aromatic rings. The number of ether oxygens (including phenoxy) is 1. The highest BCUT2D eigenvalue weighted by Gasteiger charge is 2.01. The fourth-order valence-electron chi connectivity index (χ4n) is 1.42. The quantitative estimate of drug-likeness (QED) is 0.737. The largest absolute Gasteiger partial charge is 0.486 e. The molecule has 0 aliphatic carbocycles. The van der Waals surface area contributed by atoms with E-state index in [1.54, 1.807) is 18.4 Å². The molecule has 0 aliphatic rings. The number of aryl methyl sites for hydroxylation is 1. The van der Waals surface area contributed by atoms with E-state index in [4.69, 9.17) is 9.15 Å². The second-order valence-electron chi connectivity index (χ2n) is 3.50. The predicted octanol–water partition coefficient (Wildman–Crippen LogP) is 2.98. The molecule has 0 unspecified atom stereocenters. The molecule has 1 heterocycles. The van der Waals surface area contributed by atoms with Gasteiger partial charge >= 0.3 is 0 Å². The zero-order chi connectivity index (χ0) is 11.4. The number of hydrogen-bond acceptors (Lipinski definition) is 3. The topological polar surface area (TPSA) is 39.4 Å². The summed E-state index contributed by atoms with van der Waals surface area (Å²) in [6, 6.07) is 9.04. The van der Waals surface area contributed by atoms with Gasteiger partial charge in [0.25, 0.3) is 0 Å². The van der Waals surface area contributed by atoms with Gasteiger partial charge in [-0.15, -0.1) is 0 Å². The van der Waals surface area contributed by atoms with E-state index in [1.165, 1.54) is 0 Å². The van der Waals surface area contributed by atoms with E-state index in [0.29, 0.717) is 12.2 Å². The van der Waals surface area contributed by atoms with Gasteiger partial charge in [0.2, 0.25) is 0 Å². The number of rotatable bonds is 4. The Kier molecular flexibility index (Phi) is 3.05. The van der Waals surface area contributed by atoms with Gasteiger partial charge in [-0.1, -0.05) is 0 Å². The standard InChI is InChI=1S/C13H12O3/c1-10-7-12(5-4-11(10)8-14)16-9-13-3-2-6-15-13/h2-8H,9H2,1H3. The van der Waals surface area contributed by atoms with Crippen molar-refractivity contribution in [2.45, 2.75) is 13.5 Å². The van der Waals surface area contributed by atoms with E-state index >= 15 is 0 Å². The molecule has 0 fully saturated rings. The third kappa shape index (κ3) is 2.31. The van der Waals surface area contributed by atoms with Gasteiger partial charge in [0.1, 0.15) is 24.4 Å². The smallest absolute Gasteiger partial charge is 0.150 e. The zero-order valence-corrected chi connectivity index (χ0v) is 8.97. The van der Waals surface area contributed by atoms with E-state index in [2.05, 4.69) is 0 Å². The maximum atomic E-state index is 10.6. The second-order valence-corrected chi connectivity index (χ2v) is 3.50. The first-order valence-corrected chi connectivity index (χ1v) is 5.00. The molecule has 0 spiro atoms. The average Bonchev–Trinajstić information content (AvgIpc) is 2.79. The summed E-state index contributed by atoms with van der Waals surface area (Å²) in [7, 11) is 0. The molecular formula is C13H12O3. The van der Waals surface area contributed by atoms with E-state index in [-0.39, 0.29) is 0 Å². The molecule has 0 aliphatic heterocycles. The minimum Gasteiger partial charge on any atom is -0.486 e. The molecule has 0 amide bonds. The molecule has 1 aromatic carbocycles. The molecule has 82 valence electrons. The van der Waals surface area contributed by atoms with E-state index in [1.807, 2.05) is 25.1 Å². The number of benzene rings is 1. The van der Waals surface area contributed by atoms with Crippen LogP contribution in [0.2, 0.25) is 0 Å². The van der Waals surface area contributed by atoms with Crippen molar-refractivity contribution in [1.82, 2.24) is 0 Å². The van der Waals surface area contributed by atoms with Gasteiger partial charge in [-0.25, -0.2) is 0 Å². The molecule has 0 bridgehead atoms. The van der Waals surface area contributed by atoms with Crippen molar-refractivity contribution >= 4 is 6.29 Å². The highest BCUT2D eigenvalue weighted by Crippen LogP contribution is 2.17. The maximum absolute atomic E-state index is 10.6. The van der Waals surface area contributed by atoms with Crippen molar-refractivity contribution < 1.29 is 13.9 Å². The molecule has 0 N–H and O–H groups in total. The predicted molar refractivity (Wildman–Crippen MR) is 59.6 cm³/mol. The molecule has 0 saturated carbocycles. The Morgan fingerprint density at radius 3 is 2.88 bits per heavy atom. The lowest BCUT2D eigenvalue weighted by atomic mass is 10.1. The summed E-state index contributed by atoms with van der Waals surface area (Å²) < 4.78 is 10.7. The van der Waals surface area contributed by atoms with Crippen molar-refractivity contribution in [1.29, 1.82) is 0 Å². The Labute approximate surface area is 93.7 Å². The summed E-state index contributed by atoms with van der Waals surface area (Å²) in [6.45, 7) is 2.27. The first kappa shape index (κ1) is 10.5. The van der Waals surface area contributed by atoms with Crippen LogP contribution in [0.5, 0.6) is 5.75 Å². The van der Waals surface area contributed by atoms with Crippen molar-refractivity contribution in [3.05, 3.63) is 53.5 Å². The van der Waals surface area contributed by atoms with E-state index in [0.717, 1.165) is 23.4 Å². The molecule has 3 nitrogen and oxygen atoms in total. The maximum Gasteiger partial charge on any atom is 0.150 e. The monoisotopic (exact) mass is 216 g/mol. The molecule has 2 rings (SSSR count). The first-order chi connectivity index (χ1) is 7.79. The number of aldehydes is 1. The molecule has 0 radical (unpaired) electrons. The summed E-state index contributed by atoms with van der Waals surface area (Å²) in [5.74, 6) is 1.51. The van der Waals surface area contributed by atoms with Crippen LogP contribution in [0.25, 0.3) is 0 Å². The summed E-state index contributed by atoms with van der Waals surface area (Å²) in [5.41, 5.74) is 1.59.